The van der Waals surface area contributed by atoms with E-state index in [9.17, 15) is 0 Å². The van der Waals surface area contributed by atoms with Crippen molar-refractivity contribution >= 4 is 11.4 Å². The van der Waals surface area contributed by atoms with Gasteiger partial charge in [-0.25, -0.2) is 9.69 Å². The van der Waals surface area contributed by atoms with Crippen LogP contribution < -0.4 is 5.01 Å². The highest BCUT2D eigenvalue weighted by Gasteiger charge is 2.18. The van der Waals surface area contributed by atoms with Gasteiger partial charge in [0.25, 0.3) is 0 Å². The molecule has 24 heavy (non-hydrogen) atoms. The first kappa shape index (κ1) is 14.1. The van der Waals surface area contributed by atoms with Gasteiger partial charge in [0.1, 0.15) is 5.71 Å². The number of hydrogen-bond donors (Lipinski definition) is 0. The van der Waals surface area contributed by atoms with Crippen LogP contribution in [0.3, 0.4) is 0 Å². The zero-order valence-corrected chi connectivity index (χ0v) is 12.8. The van der Waals surface area contributed by atoms with Crippen LogP contribution in [0.4, 0.5) is 5.69 Å². The van der Waals surface area contributed by atoms with Crippen LogP contribution in [0.2, 0.25) is 0 Å². The molecule has 3 aromatic rings. The van der Waals surface area contributed by atoms with E-state index in [1.165, 1.54) is 0 Å². The fraction of sp³-hybridized carbons (Fsp3) is 0. The molecule has 0 N–H and O–H groups in total. The molecule has 3 aromatic heterocycles. The van der Waals surface area contributed by atoms with Gasteiger partial charge in [0, 0.05) is 31.0 Å². The van der Waals surface area contributed by atoms with Gasteiger partial charge in [0.05, 0.1) is 23.3 Å². The third kappa shape index (κ3) is 2.50. The third-order valence-corrected chi connectivity index (χ3v) is 3.65. The number of aromatic nitrogens is 4. The Morgan fingerprint density at radius 3 is 2.17 bits per heavy atom. The van der Waals surface area contributed by atoms with Crippen molar-refractivity contribution in [2.24, 2.45) is 5.10 Å². The zero-order valence-electron chi connectivity index (χ0n) is 12.8. The molecule has 0 saturated heterocycles. The second-order valence-electron chi connectivity index (χ2n) is 5.17. The van der Waals surface area contributed by atoms with Crippen LogP contribution in [0.5, 0.6) is 0 Å². The molecule has 0 radical (unpaired) electrons. The van der Waals surface area contributed by atoms with Crippen LogP contribution >= 0.6 is 0 Å². The molecule has 6 heteroatoms. The molecular formula is C18H14N6. The van der Waals surface area contributed by atoms with E-state index >= 15 is 0 Å². The standard InChI is InChI=1S/C18H14N6/c1-14-7-13-23(15-2-8-19-9-3-15)22-18(14)17-6-12-21-24(17)16-4-10-20-11-5-16/h2-13H,1H2. The van der Waals surface area contributed by atoms with Crippen LogP contribution in [-0.4, -0.2) is 25.5 Å². The van der Waals surface area contributed by atoms with E-state index in [1.807, 2.05) is 47.3 Å². The monoisotopic (exact) mass is 314 g/mol. The van der Waals surface area contributed by atoms with E-state index in [1.54, 1.807) is 36.0 Å². The summed E-state index contributed by atoms with van der Waals surface area (Å²) >= 11 is 0. The average molecular weight is 314 g/mol. The maximum atomic E-state index is 4.72. The van der Waals surface area contributed by atoms with E-state index in [0.29, 0.717) is 0 Å². The molecule has 116 valence electrons. The van der Waals surface area contributed by atoms with E-state index in [-0.39, 0.29) is 0 Å². The topological polar surface area (TPSA) is 59.2 Å². The molecule has 0 spiro atoms. The Hall–Kier alpha value is -3.54. The van der Waals surface area contributed by atoms with Crippen molar-refractivity contribution < 1.29 is 0 Å². The van der Waals surface area contributed by atoms with Gasteiger partial charge in [-0.05, 0) is 42.0 Å². The number of hydrogen-bond acceptors (Lipinski definition) is 5. The summed E-state index contributed by atoms with van der Waals surface area (Å²) in [5, 5.41) is 10.9. The van der Waals surface area contributed by atoms with Crippen LogP contribution in [0, 0.1) is 0 Å². The highest BCUT2D eigenvalue weighted by atomic mass is 15.5. The van der Waals surface area contributed by atoms with Gasteiger partial charge in [-0.15, -0.1) is 0 Å². The summed E-state index contributed by atoms with van der Waals surface area (Å²) in [4.78, 5) is 8.09. The second-order valence-corrected chi connectivity index (χ2v) is 5.17. The van der Waals surface area contributed by atoms with Gasteiger partial charge in [-0.1, -0.05) is 6.58 Å². The first-order chi connectivity index (χ1) is 11.8. The molecule has 0 aromatic carbocycles. The Morgan fingerprint density at radius 1 is 0.792 bits per heavy atom. The molecule has 0 bridgehead atoms. The lowest BCUT2D eigenvalue weighted by Gasteiger charge is -2.21. The Bertz CT molecular complexity index is 924. The fourth-order valence-electron chi connectivity index (χ4n) is 2.47. The lowest BCUT2D eigenvalue weighted by molar-refractivity contribution is 0.865. The molecule has 4 heterocycles. The molecule has 0 unspecified atom stereocenters. The van der Waals surface area contributed by atoms with E-state index in [4.69, 9.17) is 5.10 Å². The minimum Gasteiger partial charge on any atom is -0.265 e. The van der Waals surface area contributed by atoms with E-state index in [2.05, 4.69) is 21.6 Å². The fourth-order valence-corrected chi connectivity index (χ4v) is 2.47. The summed E-state index contributed by atoms with van der Waals surface area (Å²) in [5.74, 6) is 0. The summed E-state index contributed by atoms with van der Waals surface area (Å²) in [5.41, 5.74) is 4.32. The lowest BCUT2D eigenvalue weighted by Crippen LogP contribution is -2.20. The van der Waals surface area contributed by atoms with Gasteiger partial charge >= 0.3 is 0 Å². The van der Waals surface area contributed by atoms with Gasteiger partial charge in [0.2, 0.25) is 0 Å². The quantitative estimate of drug-likeness (QED) is 0.746. The summed E-state index contributed by atoms with van der Waals surface area (Å²) in [6.07, 6.45) is 12.5. The molecule has 0 fully saturated rings. The Labute approximate surface area is 139 Å². The van der Waals surface area contributed by atoms with Gasteiger partial charge < -0.3 is 0 Å². The lowest BCUT2D eigenvalue weighted by atomic mass is 10.1. The van der Waals surface area contributed by atoms with E-state index < -0.39 is 0 Å². The highest BCUT2D eigenvalue weighted by Crippen LogP contribution is 2.22. The maximum Gasteiger partial charge on any atom is 0.116 e. The Kier molecular flexibility index (Phi) is 3.47. The Morgan fingerprint density at radius 2 is 1.46 bits per heavy atom. The van der Waals surface area contributed by atoms with Crippen molar-refractivity contribution in [2.45, 2.75) is 0 Å². The summed E-state index contributed by atoms with van der Waals surface area (Å²) in [7, 11) is 0. The Balaban J connectivity index is 1.78. The van der Waals surface area contributed by atoms with Gasteiger partial charge in [-0.3, -0.25) is 9.97 Å². The molecule has 0 saturated carbocycles. The molecule has 0 atom stereocenters. The van der Waals surface area contributed by atoms with Crippen molar-refractivity contribution in [1.29, 1.82) is 0 Å². The summed E-state index contributed by atoms with van der Waals surface area (Å²) in [6.45, 7) is 4.10. The van der Waals surface area contributed by atoms with Gasteiger partial charge in [0.15, 0.2) is 0 Å². The smallest absolute Gasteiger partial charge is 0.116 e. The van der Waals surface area contributed by atoms with Crippen molar-refractivity contribution in [3.63, 3.8) is 0 Å². The van der Waals surface area contributed by atoms with Crippen molar-refractivity contribution in [2.75, 3.05) is 5.01 Å². The number of anilines is 1. The molecule has 1 aliphatic rings. The minimum absolute atomic E-state index is 0.767. The molecular weight excluding hydrogens is 300 g/mol. The molecule has 0 amide bonds. The summed E-state index contributed by atoms with van der Waals surface area (Å²) < 4.78 is 1.83. The largest absolute Gasteiger partial charge is 0.265 e. The van der Waals surface area contributed by atoms with E-state index in [0.717, 1.165) is 28.4 Å². The number of allylic oxidation sites excluding steroid dienone is 2. The van der Waals surface area contributed by atoms with Crippen LogP contribution in [-0.2, 0) is 0 Å². The van der Waals surface area contributed by atoms with Crippen molar-refractivity contribution in [1.82, 2.24) is 19.7 Å². The predicted molar refractivity (Wildman–Crippen MR) is 92.9 cm³/mol. The SMILES string of the molecule is C=C1C=CN(c2ccncc2)N=C1c1ccnn1-c1ccncc1. The first-order valence-corrected chi connectivity index (χ1v) is 7.43. The number of rotatable bonds is 3. The maximum absolute atomic E-state index is 4.72. The average Bonchev–Trinajstić information content (AvgIpc) is 3.13. The first-order valence-electron chi connectivity index (χ1n) is 7.43. The summed E-state index contributed by atoms with van der Waals surface area (Å²) in [6, 6.07) is 9.53. The highest BCUT2D eigenvalue weighted by molar-refractivity contribution is 6.14. The molecule has 6 nitrogen and oxygen atoms in total. The molecule has 0 aliphatic carbocycles. The normalized spacial score (nSPS) is 13.9. The second kappa shape index (κ2) is 5.92. The number of pyridine rings is 2. The van der Waals surface area contributed by atoms with Crippen molar-refractivity contribution in [3.05, 3.63) is 91.4 Å². The zero-order chi connectivity index (χ0) is 16.4. The van der Waals surface area contributed by atoms with Gasteiger partial charge in [-0.2, -0.15) is 10.2 Å². The predicted octanol–water partition coefficient (Wildman–Crippen LogP) is 2.96. The van der Waals surface area contributed by atoms with Crippen LogP contribution in [0.25, 0.3) is 5.69 Å². The van der Waals surface area contributed by atoms with Crippen molar-refractivity contribution in [3.8, 4) is 5.69 Å². The van der Waals surface area contributed by atoms with Crippen LogP contribution in [0.15, 0.2) is 90.8 Å². The minimum atomic E-state index is 0.767. The third-order valence-electron chi connectivity index (χ3n) is 3.65. The molecule has 4 rings (SSSR count). The number of nitrogens with zero attached hydrogens (tertiary/aromatic N) is 6. The molecule has 1 aliphatic heterocycles. The number of hydrazone groups is 1. The van der Waals surface area contributed by atoms with Crippen LogP contribution in [0.1, 0.15) is 5.69 Å².